The molecule has 0 bridgehead atoms. The molecule has 1 aromatic rings. The smallest absolute Gasteiger partial charge is 0.230 e. The van der Waals surface area contributed by atoms with Gasteiger partial charge < -0.3 is 14.6 Å². The molecule has 1 aliphatic rings. The summed E-state index contributed by atoms with van der Waals surface area (Å²) in [6, 6.07) is 0. The predicted octanol–water partition coefficient (Wildman–Crippen LogP) is 1.82. The number of nitrogens with one attached hydrogen (secondary N) is 1. The van der Waals surface area contributed by atoms with Crippen LogP contribution in [-0.2, 0) is 15.3 Å². The summed E-state index contributed by atoms with van der Waals surface area (Å²) in [7, 11) is 0. The first kappa shape index (κ1) is 14.4. The fourth-order valence-electron chi connectivity index (χ4n) is 2.04. The minimum atomic E-state index is 0.0623. The average Bonchev–Trinajstić information content (AvgIpc) is 3.00. The van der Waals surface area contributed by atoms with E-state index in [1.165, 1.54) is 0 Å². The molecule has 1 saturated heterocycles. The van der Waals surface area contributed by atoms with Crippen molar-refractivity contribution in [3.8, 4) is 0 Å². The van der Waals surface area contributed by atoms with Gasteiger partial charge in [0, 0.05) is 24.5 Å². The Morgan fingerprint density at radius 2 is 2.37 bits per heavy atom. The quantitative estimate of drug-likeness (QED) is 0.863. The number of thioether (sulfide) groups is 1. The molecule has 2 rings (SSSR count). The third-order valence-electron chi connectivity index (χ3n) is 3.21. The van der Waals surface area contributed by atoms with Gasteiger partial charge in [-0.15, -0.1) is 11.8 Å². The molecule has 5 nitrogen and oxygen atoms in total. The van der Waals surface area contributed by atoms with E-state index < -0.39 is 0 Å². The van der Waals surface area contributed by atoms with E-state index in [9.17, 15) is 4.79 Å². The second-order valence-corrected chi connectivity index (χ2v) is 5.72. The molecule has 0 aromatic carbocycles. The van der Waals surface area contributed by atoms with Gasteiger partial charge in [0.2, 0.25) is 5.91 Å². The van der Waals surface area contributed by atoms with Crippen molar-refractivity contribution in [2.45, 2.75) is 38.5 Å². The van der Waals surface area contributed by atoms with Crippen molar-refractivity contribution >= 4 is 17.7 Å². The van der Waals surface area contributed by atoms with Gasteiger partial charge in [0.05, 0.1) is 17.6 Å². The van der Waals surface area contributed by atoms with Crippen LogP contribution in [0, 0.1) is 13.8 Å². The molecule has 6 heteroatoms. The van der Waals surface area contributed by atoms with E-state index in [1.54, 1.807) is 11.8 Å². The van der Waals surface area contributed by atoms with Crippen molar-refractivity contribution in [2.24, 2.45) is 0 Å². The molecule has 1 atom stereocenters. The summed E-state index contributed by atoms with van der Waals surface area (Å²) in [5, 5.41) is 6.81. The highest BCUT2D eigenvalue weighted by Gasteiger charge is 2.16. The van der Waals surface area contributed by atoms with Crippen molar-refractivity contribution in [1.29, 1.82) is 0 Å². The Morgan fingerprint density at radius 3 is 3.00 bits per heavy atom. The number of carbonyl (C=O) groups is 1. The number of rotatable bonds is 6. The molecule has 1 N–H and O–H groups in total. The maximum absolute atomic E-state index is 11.7. The Labute approximate surface area is 117 Å². The number of hydrogen-bond acceptors (Lipinski definition) is 5. The minimum absolute atomic E-state index is 0.0623. The van der Waals surface area contributed by atoms with Gasteiger partial charge in [-0.3, -0.25) is 4.79 Å². The number of nitrogens with zero attached hydrogens (tertiary/aromatic N) is 1. The van der Waals surface area contributed by atoms with Crippen molar-refractivity contribution in [1.82, 2.24) is 10.5 Å². The summed E-state index contributed by atoms with van der Waals surface area (Å²) in [4.78, 5) is 11.7. The Hall–Kier alpha value is -1.01. The Kier molecular flexibility index (Phi) is 5.27. The van der Waals surface area contributed by atoms with Crippen molar-refractivity contribution in [2.75, 3.05) is 18.9 Å². The number of hydrogen-bond donors (Lipinski definition) is 1. The summed E-state index contributed by atoms with van der Waals surface area (Å²) in [6.45, 7) is 5.27. The van der Waals surface area contributed by atoms with E-state index in [-0.39, 0.29) is 12.0 Å². The molecule has 1 amide bonds. The zero-order valence-corrected chi connectivity index (χ0v) is 12.2. The first-order valence-corrected chi connectivity index (χ1v) is 7.70. The molecule has 1 unspecified atom stereocenters. The molecule has 0 saturated carbocycles. The molecule has 106 valence electrons. The van der Waals surface area contributed by atoms with Crippen molar-refractivity contribution in [3.63, 3.8) is 0 Å². The monoisotopic (exact) mass is 284 g/mol. The van der Waals surface area contributed by atoms with Crippen LogP contribution in [0.3, 0.4) is 0 Å². The third-order valence-corrected chi connectivity index (χ3v) is 4.17. The van der Waals surface area contributed by atoms with Gasteiger partial charge in [0.1, 0.15) is 5.76 Å². The van der Waals surface area contributed by atoms with E-state index in [0.29, 0.717) is 12.3 Å². The largest absolute Gasteiger partial charge is 0.376 e. The normalized spacial score (nSPS) is 18.7. The lowest BCUT2D eigenvalue weighted by Gasteiger charge is -2.10. The highest BCUT2D eigenvalue weighted by molar-refractivity contribution is 7.99. The maximum Gasteiger partial charge on any atom is 0.230 e. The molecular formula is C13H20N2O3S. The average molecular weight is 284 g/mol. The van der Waals surface area contributed by atoms with Gasteiger partial charge in [-0.1, -0.05) is 5.16 Å². The molecule has 0 radical (unpaired) electrons. The SMILES string of the molecule is Cc1noc(C)c1CSCC(=O)NCC1CCCO1. The highest BCUT2D eigenvalue weighted by atomic mass is 32.2. The lowest BCUT2D eigenvalue weighted by atomic mass is 10.2. The van der Waals surface area contributed by atoms with Crippen LogP contribution in [-0.4, -0.2) is 36.1 Å². The van der Waals surface area contributed by atoms with Crippen LogP contribution in [0.1, 0.15) is 29.9 Å². The number of ether oxygens (including phenoxy) is 1. The number of aromatic nitrogens is 1. The van der Waals surface area contributed by atoms with E-state index in [4.69, 9.17) is 9.26 Å². The summed E-state index contributed by atoms with van der Waals surface area (Å²) >= 11 is 1.58. The number of amides is 1. The Bertz CT molecular complexity index is 408. The van der Waals surface area contributed by atoms with Crippen LogP contribution < -0.4 is 5.32 Å². The Balaban J connectivity index is 1.63. The van der Waals surface area contributed by atoms with E-state index >= 15 is 0 Å². The molecule has 1 fully saturated rings. The van der Waals surface area contributed by atoms with Crippen molar-refractivity contribution in [3.05, 3.63) is 17.0 Å². The molecule has 0 aliphatic carbocycles. The summed E-state index contributed by atoms with van der Waals surface area (Å²) in [5.41, 5.74) is 2.00. The van der Waals surface area contributed by atoms with E-state index in [0.717, 1.165) is 42.2 Å². The molecular weight excluding hydrogens is 264 g/mol. The van der Waals surface area contributed by atoms with Crippen LogP contribution in [0.2, 0.25) is 0 Å². The topological polar surface area (TPSA) is 64.4 Å². The Morgan fingerprint density at radius 1 is 1.53 bits per heavy atom. The second-order valence-electron chi connectivity index (χ2n) is 4.73. The summed E-state index contributed by atoms with van der Waals surface area (Å²) in [6.07, 6.45) is 2.35. The fourth-order valence-corrected chi connectivity index (χ4v) is 3.04. The fraction of sp³-hybridized carbons (Fsp3) is 0.692. The summed E-state index contributed by atoms with van der Waals surface area (Å²) < 4.78 is 10.5. The summed E-state index contributed by atoms with van der Waals surface area (Å²) in [5.74, 6) is 2.11. The maximum atomic E-state index is 11.7. The standard InChI is InChI=1S/C13H20N2O3S/c1-9-12(10(2)18-15-9)7-19-8-13(16)14-6-11-4-3-5-17-11/h11H,3-8H2,1-2H3,(H,14,16). The van der Waals surface area contributed by atoms with Crippen LogP contribution in [0.25, 0.3) is 0 Å². The van der Waals surface area contributed by atoms with Crippen LogP contribution in [0.15, 0.2) is 4.52 Å². The zero-order valence-electron chi connectivity index (χ0n) is 11.4. The number of aryl methyl sites for hydroxylation is 2. The van der Waals surface area contributed by atoms with Gasteiger partial charge in [-0.05, 0) is 26.7 Å². The second kappa shape index (κ2) is 6.96. The minimum Gasteiger partial charge on any atom is -0.376 e. The van der Waals surface area contributed by atoms with Gasteiger partial charge in [-0.25, -0.2) is 0 Å². The van der Waals surface area contributed by atoms with Gasteiger partial charge in [0.25, 0.3) is 0 Å². The highest BCUT2D eigenvalue weighted by Crippen LogP contribution is 2.19. The first-order valence-electron chi connectivity index (χ1n) is 6.54. The van der Waals surface area contributed by atoms with Gasteiger partial charge in [0.15, 0.2) is 0 Å². The van der Waals surface area contributed by atoms with Crippen LogP contribution in [0.4, 0.5) is 0 Å². The lowest BCUT2D eigenvalue weighted by Crippen LogP contribution is -2.32. The number of carbonyl (C=O) groups excluding carboxylic acids is 1. The van der Waals surface area contributed by atoms with Crippen LogP contribution >= 0.6 is 11.8 Å². The van der Waals surface area contributed by atoms with Gasteiger partial charge >= 0.3 is 0 Å². The third kappa shape index (κ3) is 4.24. The predicted molar refractivity (Wildman–Crippen MR) is 74.1 cm³/mol. The van der Waals surface area contributed by atoms with Crippen molar-refractivity contribution < 1.29 is 14.1 Å². The zero-order chi connectivity index (χ0) is 13.7. The first-order chi connectivity index (χ1) is 9.16. The van der Waals surface area contributed by atoms with Crippen LogP contribution in [0.5, 0.6) is 0 Å². The molecule has 2 heterocycles. The molecule has 0 spiro atoms. The molecule has 1 aliphatic heterocycles. The van der Waals surface area contributed by atoms with E-state index in [1.807, 2.05) is 13.8 Å². The van der Waals surface area contributed by atoms with E-state index in [2.05, 4.69) is 10.5 Å². The molecule has 19 heavy (non-hydrogen) atoms. The molecule has 1 aromatic heterocycles. The lowest BCUT2D eigenvalue weighted by molar-refractivity contribution is -0.119. The van der Waals surface area contributed by atoms with Gasteiger partial charge in [-0.2, -0.15) is 0 Å².